The largest absolute Gasteiger partial charge is 0.396 e. The molecule has 0 amide bonds. The molecule has 4 aliphatic carbocycles. The average Bonchev–Trinajstić information content (AvgIpc) is 2.94. The van der Waals surface area contributed by atoms with E-state index in [1.165, 1.54) is 25.7 Å². The summed E-state index contributed by atoms with van der Waals surface area (Å²) in [6, 6.07) is 0. The fraction of sp³-hybridized carbons (Fsp3) is 0.957. The predicted molar refractivity (Wildman–Crippen MR) is 102 cm³/mol. The van der Waals surface area contributed by atoms with E-state index in [0.717, 1.165) is 12.8 Å². The van der Waals surface area contributed by atoms with Crippen molar-refractivity contribution in [2.45, 2.75) is 78.7 Å². The van der Waals surface area contributed by atoms with E-state index in [1.54, 1.807) is 0 Å². The summed E-state index contributed by atoms with van der Waals surface area (Å²) in [6.07, 6.45) is 7.11. The molecule has 0 heterocycles. The Morgan fingerprint density at radius 2 is 1.85 bits per heavy atom. The number of ketones is 1. The first-order chi connectivity index (χ1) is 12.2. The number of aliphatic hydroxyl groups is 2. The topological polar surface area (TPSA) is 57.5 Å². The van der Waals surface area contributed by atoms with Gasteiger partial charge in [0.2, 0.25) is 0 Å². The Hall–Kier alpha value is -0.410. The third-order valence-corrected chi connectivity index (χ3v) is 9.87. The molecule has 3 heteroatoms. The van der Waals surface area contributed by atoms with Gasteiger partial charge in [-0.1, -0.05) is 27.7 Å². The zero-order valence-electron chi connectivity index (χ0n) is 17.1. The smallest absolute Gasteiger partial charge is 0.136 e. The number of carbonyl (C=O) groups excluding carboxylic acids is 1. The lowest BCUT2D eigenvalue weighted by Crippen LogP contribution is -2.59. The summed E-state index contributed by atoms with van der Waals surface area (Å²) in [7, 11) is 0. The maximum atomic E-state index is 12.3. The van der Waals surface area contributed by atoms with Crippen molar-refractivity contribution in [3.8, 4) is 0 Å². The van der Waals surface area contributed by atoms with Crippen LogP contribution < -0.4 is 0 Å². The fourth-order valence-electron chi connectivity index (χ4n) is 8.48. The molecule has 0 radical (unpaired) electrons. The molecule has 10 atom stereocenters. The summed E-state index contributed by atoms with van der Waals surface area (Å²) >= 11 is 0. The summed E-state index contributed by atoms with van der Waals surface area (Å²) in [5.74, 6) is 3.46. The van der Waals surface area contributed by atoms with E-state index in [2.05, 4.69) is 27.7 Å². The standard InChI is InChI=1S/C23H38O3/c1-13-11-23(4)15(9-19(13)25)10-20(26)21-17-6-5-16(14(2)12-24)22(17,3)8-7-18(21)23/h13-18,20-21,24,26H,5-12H2,1-4H3/t13-,14-,15-,16-,17?,18?,20-,21?,22-,23+/m1/s1. The molecule has 3 unspecified atom stereocenters. The van der Waals surface area contributed by atoms with Gasteiger partial charge in [0.15, 0.2) is 0 Å². The number of aliphatic hydroxyl groups excluding tert-OH is 2. The molecule has 0 bridgehead atoms. The van der Waals surface area contributed by atoms with Crippen molar-refractivity contribution >= 4 is 5.78 Å². The van der Waals surface area contributed by atoms with Crippen LogP contribution in [0, 0.1) is 52.3 Å². The minimum Gasteiger partial charge on any atom is -0.396 e. The molecular formula is C23H38O3. The maximum absolute atomic E-state index is 12.3. The first-order valence-electron chi connectivity index (χ1n) is 11.0. The van der Waals surface area contributed by atoms with Gasteiger partial charge in [0.25, 0.3) is 0 Å². The van der Waals surface area contributed by atoms with E-state index in [-0.39, 0.29) is 29.5 Å². The van der Waals surface area contributed by atoms with Crippen molar-refractivity contribution in [3.63, 3.8) is 0 Å². The second kappa shape index (κ2) is 6.30. The van der Waals surface area contributed by atoms with E-state index >= 15 is 0 Å². The van der Waals surface area contributed by atoms with E-state index in [9.17, 15) is 15.0 Å². The summed E-state index contributed by atoms with van der Waals surface area (Å²) in [5, 5.41) is 20.9. The summed E-state index contributed by atoms with van der Waals surface area (Å²) in [4.78, 5) is 12.3. The third-order valence-electron chi connectivity index (χ3n) is 9.87. The van der Waals surface area contributed by atoms with Crippen molar-refractivity contribution in [3.05, 3.63) is 0 Å². The first-order valence-corrected chi connectivity index (χ1v) is 11.0. The molecule has 0 aromatic carbocycles. The van der Waals surface area contributed by atoms with Crippen LogP contribution in [0.25, 0.3) is 0 Å². The molecule has 4 aliphatic rings. The molecule has 26 heavy (non-hydrogen) atoms. The van der Waals surface area contributed by atoms with Crippen LogP contribution in [0.4, 0.5) is 0 Å². The molecular weight excluding hydrogens is 324 g/mol. The number of hydrogen-bond donors (Lipinski definition) is 2. The monoisotopic (exact) mass is 362 g/mol. The van der Waals surface area contributed by atoms with Crippen LogP contribution in [0.5, 0.6) is 0 Å². The van der Waals surface area contributed by atoms with Crippen LogP contribution in [0.1, 0.15) is 72.6 Å². The predicted octanol–water partition coefficient (Wildman–Crippen LogP) is 4.06. The zero-order valence-corrected chi connectivity index (χ0v) is 17.1. The Morgan fingerprint density at radius 3 is 2.54 bits per heavy atom. The highest BCUT2D eigenvalue weighted by Gasteiger charge is 2.63. The van der Waals surface area contributed by atoms with Gasteiger partial charge in [-0.25, -0.2) is 0 Å². The average molecular weight is 363 g/mol. The van der Waals surface area contributed by atoms with E-state index in [1.807, 2.05) is 0 Å². The lowest BCUT2D eigenvalue weighted by atomic mass is 9.43. The Bertz CT molecular complexity index is 574. The normalized spacial score (nSPS) is 55.0. The third kappa shape index (κ3) is 2.49. The van der Waals surface area contributed by atoms with Gasteiger partial charge in [0.05, 0.1) is 6.10 Å². The molecule has 0 saturated heterocycles. The molecule has 148 valence electrons. The van der Waals surface area contributed by atoms with Crippen LogP contribution in [0.2, 0.25) is 0 Å². The minimum atomic E-state index is -0.243. The van der Waals surface area contributed by atoms with E-state index in [4.69, 9.17) is 0 Å². The molecule has 0 aromatic rings. The van der Waals surface area contributed by atoms with Crippen LogP contribution >= 0.6 is 0 Å². The lowest BCUT2D eigenvalue weighted by Gasteiger charge is -2.62. The highest BCUT2D eigenvalue weighted by molar-refractivity contribution is 5.82. The van der Waals surface area contributed by atoms with Crippen LogP contribution in [-0.4, -0.2) is 28.7 Å². The number of carbonyl (C=O) groups is 1. The zero-order chi connectivity index (χ0) is 18.9. The molecule has 0 spiro atoms. The van der Waals surface area contributed by atoms with Crippen molar-refractivity contribution < 1.29 is 15.0 Å². The molecule has 2 N–H and O–H groups in total. The van der Waals surface area contributed by atoms with Gasteiger partial charge in [0, 0.05) is 18.9 Å². The van der Waals surface area contributed by atoms with Gasteiger partial charge in [-0.15, -0.1) is 0 Å². The minimum absolute atomic E-state index is 0.186. The van der Waals surface area contributed by atoms with Crippen molar-refractivity contribution in [1.82, 2.24) is 0 Å². The molecule has 4 rings (SSSR count). The van der Waals surface area contributed by atoms with Crippen molar-refractivity contribution in [1.29, 1.82) is 0 Å². The number of rotatable bonds is 2. The Balaban J connectivity index is 1.65. The SMILES string of the molecule is C[C@@H]1C[C@]2(C)C3CC[C@@]4(C)C(CC[C@@H]4[C@H](C)CO)C3[C@H](O)C[C@H]2CC1=O. The highest BCUT2D eigenvalue weighted by atomic mass is 16.3. The molecule has 3 nitrogen and oxygen atoms in total. The molecule has 4 saturated carbocycles. The maximum Gasteiger partial charge on any atom is 0.136 e. The van der Waals surface area contributed by atoms with Gasteiger partial charge in [-0.05, 0) is 84.9 Å². The van der Waals surface area contributed by atoms with Gasteiger partial charge >= 0.3 is 0 Å². The number of fused-ring (bicyclic) bond motifs is 5. The molecule has 0 aromatic heterocycles. The summed E-state index contributed by atoms with van der Waals surface area (Å²) < 4.78 is 0. The van der Waals surface area contributed by atoms with Crippen molar-refractivity contribution in [2.24, 2.45) is 52.3 Å². The van der Waals surface area contributed by atoms with Gasteiger partial charge < -0.3 is 10.2 Å². The van der Waals surface area contributed by atoms with E-state index < -0.39 is 0 Å². The van der Waals surface area contributed by atoms with Gasteiger partial charge in [-0.3, -0.25) is 4.79 Å². The first kappa shape index (κ1) is 18.9. The van der Waals surface area contributed by atoms with E-state index in [0.29, 0.717) is 47.7 Å². The Kier molecular flexibility index (Phi) is 4.59. The van der Waals surface area contributed by atoms with Gasteiger partial charge in [-0.2, -0.15) is 0 Å². The summed E-state index contributed by atoms with van der Waals surface area (Å²) in [6.45, 7) is 9.49. The fourth-order valence-corrected chi connectivity index (χ4v) is 8.48. The number of Topliss-reactive ketones (excluding diaryl/α,β-unsaturated/α-hetero) is 1. The molecule has 4 fully saturated rings. The van der Waals surface area contributed by atoms with Crippen LogP contribution in [0.15, 0.2) is 0 Å². The van der Waals surface area contributed by atoms with Crippen LogP contribution in [0.3, 0.4) is 0 Å². The van der Waals surface area contributed by atoms with Crippen LogP contribution in [-0.2, 0) is 4.79 Å². The lowest BCUT2D eigenvalue weighted by molar-refractivity contribution is -0.174. The van der Waals surface area contributed by atoms with Gasteiger partial charge in [0.1, 0.15) is 5.78 Å². The van der Waals surface area contributed by atoms with Crippen molar-refractivity contribution in [2.75, 3.05) is 6.61 Å². The quantitative estimate of drug-likeness (QED) is 0.779. The summed E-state index contributed by atoms with van der Waals surface area (Å²) in [5.41, 5.74) is 0.489. The molecule has 0 aliphatic heterocycles. The number of hydrogen-bond acceptors (Lipinski definition) is 3. The second-order valence-electron chi connectivity index (χ2n) is 11.0. The second-order valence-corrected chi connectivity index (χ2v) is 11.0. The Morgan fingerprint density at radius 1 is 1.15 bits per heavy atom. The highest BCUT2D eigenvalue weighted by Crippen LogP contribution is 2.68. The Labute approximate surface area is 158 Å².